The average Bonchev–Trinajstić information content (AvgIpc) is 3.43. The minimum Gasteiger partial charge on any atom is -0.0678 e. The Labute approximate surface area is 168 Å². The second-order valence-electron chi connectivity index (χ2n) is 9.00. The molecule has 0 nitrogen and oxygen atoms in total. The van der Waals surface area contributed by atoms with Crippen LogP contribution in [-0.4, -0.2) is 8.07 Å². The standard InChI is InChI=1S/C26H38Si/c1-4-27(5-2,6-3)22-25-21-26(25,19-17-23-13-9-7-10-14-23)20-18-24-15-11-8-12-16-24/h7-16,25H,4-6,17-22H2,1-3H3. The van der Waals surface area contributed by atoms with Crippen molar-refractivity contribution in [2.75, 3.05) is 0 Å². The topological polar surface area (TPSA) is 0 Å². The van der Waals surface area contributed by atoms with E-state index in [1.165, 1.54) is 61.4 Å². The van der Waals surface area contributed by atoms with Gasteiger partial charge < -0.3 is 0 Å². The quantitative estimate of drug-likeness (QED) is 0.350. The summed E-state index contributed by atoms with van der Waals surface area (Å²) in [7, 11) is -1.02. The zero-order valence-corrected chi connectivity index (χ0v) is 18.7. The molecule has 0 spiro atoms. The van der Waals surface area contributed by atoms with E-state index in [0.29, 0.717) is 5.41 Å². The fourth-order valence-electron chi connectivity index (χ4n) is 5.24. The summed E-state index contributed by atoms with van der Waals surface area (Å²) < 4.78 is 0. The van der Waals surface area contributed by atoms with E-state index >= 15 is 0 Å². The average molecular weight is 379 g/mol. The molecule has 1 fully saturated rings. The maximum atomic E-state index is 2.47. The molecule has 0 saturated heterocycles. The fourth-order valence-corrected chi connectivity index (χ4v) is 9.23. The van der Waals surface area contributed by atoms with Crippen LogP contribution >= 0.6 is 0 Å². The van der Waals surface area contributed by atoms with E-state index in [1.54, 1.807) is 6.04 Å². The lowest BCUT2D eigenvalue weighted by Crippen LogP contribution is -2.32. The summed E-state index contributed by atoms with van der Waals surface area (Å²) in [4.78, 5) is 0. The Balaban J connectivity index is 1.68. The third kappa shape index (κ3) is 5.13. The molecule has 0 heterocycles. The van der Waals surface area contributed by atoms with Gasteiger partial charge in [-0.3, -0.25) is 0 Å². The molecule has 1 saturated carbocycles. The Morgan fingerprint density at radius 3 is 1.59 bits per heavy atom. The second-order valence-corrected chi connectivity index (χ2v) is 14.5. The smallest absolute Gasteiger partial charge is 0.0530 e. The van der Waals surface area contributed by atoms with Crippen LogP contribution in [0.2, 0.25) is 24.2 Å². The van der Waals surface area contributed by atoms with E-state index in [4.69, 9.17) is 0 Å². The summed E-state index contributed by atoms with van der Waals surface area (Å²) in [5.41, 5.74) is 3.66. The van der Waals surface area contributed by atoms with Gasteiger partial charge in [0.25, 0.3) is 0 Å². The van der Waals surface area contributed by atoms with Crippen LogP contribution in [0.5, 0.6) is 0 Å². The Morgan fingerprint density at radius 1 is 0.741 bits per heavy atom. The zero-order chi connectivity index (χ0) is 19.2. The zero-order valence-electron chi connectivity index (χ0n) is 17.7. The Kier molecular flexibility index (Phi) is 6.97. The first-order valence-electron chi connectivity index (χ1n) is 11.2. The molecule has 1 heteroatoms. The SMILES string of the molecule is CC[Si](CC)(CC)CC1CC1(CCc1ccccc1)CCc1ccccc1. The minimum absolute atomic E-state index is 0.615. The highest BCUT2D eigenvalue weighted by Crippen LogP contribution is 2.62. The van der Waals surface area contributed by atoms with Crippen LogP contribution in [0.25, 0.3) is 0 Å². The van der Waals surface area contributed by atoms with Crippen molar-refractivity contribution >= 4 is 8.07 Å². The maximum Gasteiger partial charge on any atom is 0.0530 e. The molecule has 3 rings (SSSR count). The van der Waals surface area contributed by atoms with E-state index in [-0.39, 0.29) is 0 Å². The summed E-state index contributed by atoms with van der Waals surface area (Å²) in [5.74, 6) is 0.997. The highest BCUT2D eigenvalue weighted by molar-refractivity contribution is 6.79. The third-order valence-corrected chi connectivity index (χ3v) is 13.7. The molecule has 1 aliphatic carbocycles. The summed E-state index contributed by atoms with van der Waals surface area (Å²) >= 11 is 0. The number of rotatable bonds is 11. The van der Waals surface area contributed by atoms with E-state index in [1.807, 2.05) is 0 Å². The highest BCUT2D eigenvalue weighted by Gasteiger charge is 2.54. The minimum atomic E-state index is -1.02. The Bertz CT molecular complexity index is 620. The normalized spacial score (nSPS) is 18.4. The van der Waals surface area contributed by atoms with Gasteiger partial charge in [0.05, 0.1) is 8.07 Å². The van der Waals surface area contributed by atoms with Gasteiger partial charge in [-0.1, -0.05) is 106 Å². The molecule has 0 amide bonds. The number of hydrogen-bond donors (Lipinski definition) is 0. The molecule has 0 aromatic heterocycles. The molecule has 2 aromatic carbocycles. The summed E-state index contributed by atoms with van der Waals surface area (Å²) in [5, 5.41) is 0. The molecule has 146 valence electrons. The summed E-state index contributed by atoms with van der Waals surface area (Å²) in [6.45, 7) is 7.41. The van der Waals surface area contributed by atoms with Gasteiger partial charge in [0.2, 0.25) is 0 Å². The van der Waals surface area contributed by atoms with Crippen LogP contribution in [0.1, 0.15) is 51.2 Å². The molecule has 0 bridgehead atoms. The van der Waals surface area contributed by atoms with Crippen molar-refractivity contribution in [1.29, 1.82) is 0 Å². The van der Waals surface area contributed by atoms with Crippen molar-refractivity contribution in [1.82, 2.24) is 0 Å². The monoisotopic (exact) mass is 378 g/mol. The van der Waals surface area contributed by atoms with E-state index in [9.17, 15) is 0 Å². The van der Waals surface area contributed by atoms with Gasteiger partial charge in [-0.15, -0.1) is 0 Å². The number of benzene rings is 2. The van der Waals surface area contributed by atoms with Gasteiger partial charge >= 0.3 is 0 Å². The molecular weight excluding hydrogens is 340 g/mol. The first kappa shape index (κ1) is 20.4. The fraction of sp³-hybridized carbons (Fsp3) is 0.538. The largest absolute Gasteiger partial charge is 0.0678 e. The predicted octanol–water partition coefficient (Wildman–Crippen LogP) is 7.77. The van der Waals surface area contributed by atoms with Crippen molar-refractivity contribution < 1.29 is 0 Å². The number of aryl methyl sites for hydroxylation is 2. The highest BCUT2D eigenvalue weighted by atomic mass is 28.3. The van der Waals surface area contributed by atoms with Crippen molar-refractivity contribution in [3.63, 3.8) is 0 Å². The van der Waals surface area contributed by atoms with Gasteiger partial charge in [0.1, 0.15) is 0 Å². The van der Waals surface area contributed by atoms with E-state index < -0.39 is 8.07 Å². The van der Waals surface area contributed by atoms with Crippen LogP contribution in [0.15, 0.2) is 60.7 Å². The first-order valence-corrected chi connectivity index (χ1v) is 14.1. The predicted molar refractivity (Wildman–Crippen MR) is 122 cm³/mol. The molecule has 1 unspecified atom stereocenters. The van der Waals surface area contributed by atoms with E-state index in [0.717, 1.165) is 5.92 Å². The van der Waals surface area contributed by atoms with Crippen molar-refractivity contribution in [3.8, 4) is 0 Å². The van der Waals surface area contributed by atoms with Crippen molar-refractivity contribution in [2.45, 2.75) is 77.1 Å². The Morgan fingerprint density at radius 2 is 1.19 bits per heavy atom. The van der Waals surface area contributed by atoms with Crippen molar-refractivity contribution in [3.05, 3.63) is 71.8 Å². The van der Waals surface area contributed by atoms with Gasteiger partial charge in [0.15, 0.2) is 0 Å². The number of hydrogen-bond acceptors (Lipinski definition) is 0. The molecule has 1 aliphatic rings. The van der Waals surface area contributed by atoms with Gasteiger partial charge in [-0.05, 0) is 54.6 Å². The molecule has 0 N–H and O–H groups in total. The first-order chi connectivity index (χ1) is 13.2. The lowest BCUT2D eigenvalue weighted by molar-refractivity contribution is 0.393. The molecule has 0 aliphatic heterocycles. The lowest BCUT2D eigenvalue weighted by atomic mass is 9.88. The van der Waals surface area contributed by atoms with E-state index in [2.05, 4.69) is 81.4 Å². The van der Waals surface area contributed by atoms with Crippen LogP contribution in [-0.2, 0) is 12.8 Å². The third-order valence-electron chi connectivity index (χ3n) is 7.80. The second kappa shape index (κ2) is 9.23. The van der Waals surface area contributed by atoms with Crippen LogP contribution in [0.4, 0.5) is 0 Å². The van der Waals surface area contributed by atoms with Gasteiger partial charge in [-0.25, -0.2) is 0 Å². The Hall–Kier alpha value is -1.34. The molecule has 27 heavy (non-hydrogen) atoms. The lowest BCUT2D eigenvalue weighted by Gasteiger charge is -2.30. The van der Waals surface area contributed by atoms with Crippen LogP contribution < -0.4 is 0 Å². The molecule has 1 atom stereocenters. The summed E-state index contributed by atoms with van der Waals surface area (Å²) in [6.07, 6.45) is 6.77. The van der Waals surface area contributed by atoms with Crippen LogP contribution in [0.3, 0.4) is 0 Å². The van der Waals surface area contributed by atoms with Crippen molar-refractivity contribution in [2.24, 2.45) is 11.3 Å². The summed E-state index contributed by atoms with van der Waals surface area (Å²) in [6, 6.07) is 28.3. The maximum absolute atomic E-state index is 2.47. The van der Waals surface area contributed by atoms with Crippen LogP contribution in [0, 0.1) is 11.3 Å². The molecule has 0 radical (unpaired) electrons. The van der Waals surface area contributed by atoms with Gasteiger partial charge in [0, 0.05) is 0 Å². The molecule has 2 aromatic rings. The van der Waals surface area contributed by atoms with Gasteiger partial charge in [-0.2, -0.15) is 0 Å². The molecular formula is C26H38Si.